The van der Waals surface area contributed by atoms with Gasteiger partial charge in [-0.1, -0.05) is 66.0 Å². The van der Waals surface area contributed by atoms with Gasteiger partial charge in [0.1, 0.15) is 24.6 Å². The Morgan fingerprint density at radius 3 is 2.31 bits per heavy atom. The zero-order valence-electron chi connectivity index (χ0n) is 36.2. The average Bonchev–Trinajstić information content (AvgIpc) is 3.38. The van der Waals surface area contributed by atoms with Crippen molar-refractivity contribution in [1.29, 1.82) is 0 Å². The maximum atomic E-state index is 12.5. The third-order valence-corrected chi connectivity index (χ3v) is 11.9. The van der Waals surface area contributed by atoms with E-state index in [9.17, 15) is 17.8 Å². The highest BCUT2D eigenvalue weighted by Crippen LogP contribution is 2.48. The fraction of sp³-hybridized carbons (Fsp3) is 0.565. The minimum atomic E-state index is -4.38. The molecule has 0 radical (unpaired) electrons. The number of amides is 1. The maximum Gasteiger partial charge on any atom is 0.294 e. The van der Waals surface area contributed by atoms with Crippen LogP contribution < -0.4 is 32.6 Å². The number of fused-ring (bicyclic) bond motifs is 2. The lowest BCUT2D eigenvalue weighted by molar-refractivity contribution is -0.121. The summed E-state index contributed by atoms with van der Waals surface area (Å²) >= 11 is 5.70. The lowest BCUT2D eigenvalue weighted by atomic mass is 9.83. The molecular weight excluding hydrogens is 809 g/mol. The van der Waals surface area contributed by atoms with Gasteiger partial charge in [-0.05, 0) is 87.1 Å². The van der Waals surface area contributed by atoms with Crippen molar-refractivity contribution in [3.05, 3.63) is 82.6 Å². The smallest absolute Gasteiger partial charge is 0.294 e. The van der Waals surface area contributed by atoms with Crippen LogP contribution in [0.3, 0.4) is 0 Å². The molecule has 0 atom stereocenters. The van der Waals surface area contributed by atoms with Crippen molar-refractivity contribution in [3.63, 3.8) is 0 Å². The second kappa shape index (κ2) is 23.7. The number of nitrogens with one attached hydrogen (secondary N) is 1. The van der Waals surface area contributed by atoms with Crippen LogP contribution in [0.5, 0.6) is 0 Å². The van der Waals surface area contributed by atoms with E-state index in [1.54, 1.807) is 12.1 Å². The summed E-state index contributed by atoms with van der Waals surface area (Å²) in [6.45, 7) is 20.1. The van der Waals surface area contributed by atoms with Crippen molar-refractivity contribution in [2.24, 2.45) is 0 Å². The molecular formula is C46H67Cl2N3O7S. The number of carbonyl (C=O) groups is 1. The topological polar surface area (TPSA) is 121 Å². The molecule has 59 heavy (non-hydrogen) atoms. The van der Waals surface area contributed by atoms with Gasteiger partial charge in [0, 0.05) is 65.8 Å². The van der Waals surface area contributed by atoms with Gasteiger partial charge in [-0.15, -0.1) is 11.6 Å². The minimum absolute atomic E-state index is 0. The molecule has 0 spiro atoms. The Bertz CT molecular complexity index is 2010. The summed E-state index contributed by atoms with van der Waals surface area (Å²) in [5, 5.41) is 4.07. The molecule has 13 heteroatoms. The second-order valence-electron chi connectivity index (χ2n) is 16.5. The van der Waals surface area contributed by atoms with Crippen LogP contribution in [0.15, 0.2) is 69.6 Å². The van der Waals surface area contributed by atoms with E-state index in [2.05, 4.69) is 106 Å². The van der Waals surface area contributed by atoms with E-state index < -0.39 is 15.5 Å². The molecule has 0 saturated heterocycles. The zero-order valence-corrected chi connectivity index (χ0v) is 38.6. The number of anilines is 1. The monoisotopic (exact) mass is 875 g/mol. The Morgan fingerprint density at radius 1 is 0.932 bits per heavy atom. The average molecular weight is 877 g/mol. The predicted molar refractivity (Wildman–Crippen MR) is 236 cm³/mol. The molecule has 0 aromatic heterocycles. The molecule has 2 N–H and O–H groups in total. The van der Waals surface area contributed by atoms with Gasteiger partial charge in [-0.25, -0.2) is 4.58 Å². The van der Waals surface area contributed by atoms with Crippen molar-refractivity contribution in [3.8, 4) is 11.3 Å². The second-order valence-corrected chi connectivity index (χ2v) is 18.3. The molecule has 0 unspecified atom stereocenters. The number of hydrogen-bond donors (Lipinski definition) is 2. The maximum absolute atomic E-state index is 12.5. The third-order valence-electron chi connectivity index (χ3n) is 10.7. The molecule has 1 amide bonds. The van der Waals surface area contributed by atoms with Gasteiger partial charge >= 0.3 is 0 Å². The molecule has 2 heterocycles. The van der Waals surface area contributed by atoms with Crippen LogP contribution in [-0.4, -0.2) is 77.4 Å². The number of ether oxygens (including phenoxy) is 2. The van der Waals surface area contributed by atoms with Gasteiger partial charge in [-0.3, -0.25) is 9.35 Å². The standard InChI is InChI=1S/C46H66ClN3O7S.ClH/c1-8-49(9-2)36-21-23-38-35(32-43(45(3,4)5)57-41(38)33-36)18-17-19-42-46(6,7)39-34-37(58(52,53)54)22-24-40(39)50(42)27-15-12-13-20-44(51)48-26-29-56-31-30-55-28-16-11-10-14-25-47;/h17-19,21-24,32-34H,8-16,20,25-31H2,1-7H3,(H-,48,51,52,53,54);1H. The van der Waals surface area contributed by atoms with E-state index in [1.807, 2.05) is 0 Å². The van der Waals surface area contributed by atoms with Gasteiger partial charge in [0.15, 0.2) is 0 Å². The molecule has 2 aliphatic heterocycles. The Morgan fingerprint density at radius 2 is 1.63 bits per heavy atom. The number of rotatable bonds is 23. The summed E-state index contributed by atoms with van der Waals surface area (Å²) in [7, 11) is -4.38. The lowest BCUT2D eigenvalue weighted by Crippen LogP contribution is -3.00. The minimum Gasteiger partial charge on any atom is -1.00 e. The van der Waals surface area contributed by atoms with Crippen LogP contribution in [0.1, 0.15) is 117 Å². The first-order valence-electron chi connectivity index (χ1n) is 21.0. The van der Waals surface area contributed by atoms with Gasteiger partial charge in [-0.2, -0.15) is 8.42 Å². The number of hydrogen-bond acceptors (Lipinski definition) is 7. The first kappa shape index (κ1) is 50.2. The molecule has 328 valence electrons. The van der Waals surface area contributed by atoms with Gasteiger partial charge in [0.25, 0.3) is 10.1 Å². The first-order valence-corrected chi connectivity index (χ1v) is 23.0. The van der Waals surface area contributed by atoms with Gasteiger partial charge < -0.3 is 36.5 Å². The summed E-state index contributed by atoms with van der Waals surface area (Å²) < 4.78 is 54.2. The molecule has 10 nitrogen and oxygen atoms in total. The normalized spacial score (nSPS) is 14.6. The summed E-state index contributed by atoms with van der Waals surface area (Å²) in [5.41, 5.74) is 4.06. The number of allylic oxidation sites excluding steroid dienone is 3. The van der Waals surface area contributed by atoms with Gasteiger partial charge in [0.2, 0.25) is 11.3 Å². The highest BCUT2D eigenvalue weighted by atomic mass is 35.5. The molecule has 1 aromatic carbocycles. The number of benzene rings is 2. The Hall–Kier alpha value is -3.19. The summed E-state index contributed by atoms with van der Waals surface area (Å²) in [6, 6.07) is 13.4. The number of halogens is 2. The predicted octanol–water partition coefficient (Wildman–Crippen LogP) is 5.95. The van der Waals surface area contributed by atoms with Crippen molar-refractivity contribution < 1.29 is 44.1 Å². The van der Waals surface area contributed by atoms with Crippen LogP contribution in [0.2, 0.25) is 0 Å². The highest BCUT2D eigenvalue weighted by molar-refractivity contribution is 7.85. The Labute approximate surface area is 364 Å². The van der Waals surface area contributed by atoms with E-state index in [1.165, 1.54) is 6.07 Å². The fourth-order valence-corrected chi connectivity index (χ4v) is 8.05. The fourth-order valence-electron chi connectivity index (χ4n) is 7.35. The van der Waals surface area contributed by atoms with E-state index in [0.29, 0.717) is 45.2 Å². The van der Waals surface area contributed by atoms with Crippen molar-refractivity contribution >= 4 is 39.4 Å². The number of alkyl halides is 1. The molecule has 1 aromatic rings. The first-order chi connectivity index (χ1) is 27.6. The third kappa shape index (κ3) is 14.5. The van der Waals surface area contributed by atoms with Crippen LogP contribution >= 0.6 is 11.6 Å². The summed E-state index contributed by atoms with van der Waals surface area (Å²) in [4.78, 5) is 14.6. The molecule has 4 rings (SSSR count). The van der Waals surface area contributed by atoms with E-state index in [4.69, 9.17) is 25.5 Å². The SMILES string of the molecule is CC[N+](CC)=c1ccc2c(C=CC=C3N(CCCCCC(=O)NCCOCCOCCCCCCCl)c4ccc(S(=O)(=O)O)cc4C3(C)C)cc(C(C)(C)C)oc-2c1.[Cl-]. The van der Waals surface area contributed by atoms with Crippen LogP contribution in [0, 0.1) is 0 Å². The van der Waals surface area contributed by atoms with Gasteiger partial charge in [0.05, 0.1) is 30.8 Å². The van der Waals surface area contributed by atoms with E-state index in [-0.39, 0.29) is 28.6 Å². The highest BCUT2D eigenvalue weighted by Gasteiger charge is 2.40. The lowest BCUT2D eigenvalue weighted by Gasteiger charge is -2.27. The van der Waals surface area contributed by atoms with Crippen molar-refractivity contribution in [2.45, 2.75) is 116 Å². The van der Waals surface area contributed by atoms with Crippen LogP contribution in [0.25, 0.3) is 17.4 Å². The Balaban J connectivity index is 0.00000930. The largest absolute Gasteiger partial charge is 1.00 e. The van der Waals surface area contributed by atoms with Crippen LogP contribution in [-0.2, 0) is 35.2 Å². The quantitative estimate of drug-likeness (QED) is 0.0520. The van der Waals surface area contributed by atoms with E-state index >= 15 is 0 Å². The molecule has 3 aliphatic rings. The number of carbonyl (C=O) groups excluding carboxylic acids is 1. The van der Waals surface area contributed by atoms with Crippen LogP contribution in [0.4, 0.5) is 5.69 Å². The summed E-state index contributed by atoms with van der Waals surface area (Å²) in [5.74, 6) is 2.44. The molecule has 0 saturated carbocycles. The molecule has 0 bridgehead atoms. The molecule has 0 fully saturated rings. The summed E-state index contributed by atoms with van der Waals surface area (Å²) in [6.07, 6.45) is 13.5. The van der Waals surface area contributed by atoms with E-state index in [0.717, 1.165) is 110 Å². The zero-order chi connectivity index (χ0) is 42.3. The Kier molecular flexibility index (Phi) is 20.2. The van der Waals surface area contributed by atoms with Crippen molar-refractivity contribution in [1.82, 2.24) is 9.89 Å². The van der Waals surface area contributed by atoms with Crippen molar-refractivity contribution in [2.75, 3.05) is 63.4 Å². The molecule has 1 aliphatic carbocycles. The number of nitrogens with zero attached hydrogens (tertiary/aromatic N) is 2. The number of unbranched alkanes of at least 4 members (excludes halogenated alkanes) is 5.